The van der Waals surface area contributed by atoms with E-state index in [1.165, 1.54) is 0 Å². The van der Waals surface area contributed by atoms with E-state index in [0.717, 1.165) is 11.3 Å². The van der Waals surface area contributed by atoms with Gasteiger partial charge in [-0.3, -0.25) is 4.98 Å². The van der Waals surface area contributed by atoms with Crippen molar-refractivity contribution in [3.63, 3.8) is 0 Å². The van der Waals surface area contributed by atoms with Crippen molar-refractivity contribution in [2.45, 2.75) is 58.6 Å². The molecule has 0 saturated heterocycles. The van der Waals surface area contributed by atoms with Crippen LogP contribution in [0.3, 0.4) is 0 Å². The molecule has 22 heavy (non-hydrogen) atoms. The Labute approximate surface area is 130 Å². The third kappa shape index (κ3) is 6.56. The number of carbonyl (C=O) groups is 2. The van der Waals surface area contributed by atoms with Gasteiger partial charge in [-0.05, 0) is 58.6 Å². The number of carboxylic acid groups (broad SMARTS) is 1. The summed E-state index contributed by atoms with van der Waals surface area (Å²) in [5.41, 5.74) is 1.37. The third-order valence-corrected chi connectivity index (χ3v) is 3.01. The number of hydrogen-bond donors (Lipinski definition) is 2. The Balaban J connectivity index is 2.50. The summed E-state index contributed by atoms with van der Waals surface area (Å²) in [6.45, 7) is 7.15. The van der Waals surface area contributed by atoms with Crippen LogP contribution < -0.4 is 5.32 Å². The van der Waals surface area contributed by atoms with E-state index in [1.807, 2.05) is 19.1 Å². The molecule has 0 aliphatic carbocycles. The minimum atomic E-state index is -1.07. The second-order valence-corrected chi connectivity index (χ2v) is 6.20. The Bertz CT molecular complexity index is 523. The zero-order valence-electron chi connectivity index (χ0n) is 13.5. The Morgan fingerprint density at radius 1 is 1.41 bits per heavy atom. The summed E-state index contributed by atoms with van der Waals surface area (Å²) in [5.74, 6) is -1.07. The summed E-state index contributed by atoms with van der Waals surface area (Å²) in [7, 11) is 0. The van der Waals surface area contributed by atoms with E-state index in [9.17, 15) is 14.7 Å². The van der Waals surface area contributed by atoms with Gasteiger partial charge in [0.15, 0.2) is 0 Å². The molecule has 6 heteroatoms. The third-order valence-electron chi connectivity index (χ3n) is 3.01. The Hall–Kier alpha value is -2.11. The van der Waals surface area contributed by atoms with E-state index in [-0.39, 0.29) is 0 Å². The predicted molar refractivity (Wildman–Crippen MR) is 82.7 cm³/mol. The lowest BCUT2D eigenvalue weighted by Gasteiger charge is -2.22. The van der Waals surface area contributed by atoms with Crippen LogP contribution in [0.25, 0.3) is 0 Å². The molecule has 0 radical (unpaired) electrons. The fourth-order valence-electron chi connectivity index (χ4n) is 1.96. The molecule has 1 amide bonds. The highest BCUT2D eigenvalue weighted by Gasteiger charge is 2.23. The molecule has 0 saturated carbocycles. The molecule has 2 N–H and O–H groups in total. The fourth-order valence-corrected chi connectivity index (χ4v) is 1.96. The number of pyridine rings is 1. The van der Waals surface area contributed by atoms with Gasteiger partial charge in [0.05, 0.1) is 0 Å². The number of aromatic nitrogens is 1. The number of carboxylic acids is 1. The predicted octanol–water partition coefficient (Wildman–Crippen LogP) is 2.69. The van der Waals surface area contributed by atoms with Crippen molar-refractivity contribution in [3.8, 4) is 0 Å². The molecule has 6 nitrogen and oxygen atoms in total. The van der Waals surface area contributed by atoms with Crippen molar-refractivity contribution in [2.24, 2.45) is 0 Å². The number of hydrogen-bond acceptors (Lipinski definition) is 4. The van der Waals surface area contributed by atoms with Crippen LogP contribution in [-0.4, -0.2) is 33.8 Å². The van der Waals surface area contributed by atoms with Gasteiger partial charge < -0.3 is 15.2 Å². The molecule has 1 unspecified atom stereocenters. The molecule has 0 spiro atoms. The zero-order valence-corrected chi connectivity index (χ0v) is 13.5. The second-order valence-electron chi connectivity index (χ2n) is 6.20. The molecule has 1 heterocycles. The van der Waals surface area contributed by atoms with E-state index in [0.29, 0.717) is 19.3 Å². The maximum absolute atomic E-state index is 11.7. The van der Waals surface area contributed by atoms with Gasteiger partial charge in [-0.2, -0.15) is 0 Å². The number of aliphatic carboxylic acids is 1. The topological polar surface area (TPSA) is 88.5 Å². The summed E-state index contributed by atoms with van der Waals surface area (Å²) in [6, 6.07) is 2.87. The average Bonchev–Trinajstić information content (AvgIpc) is 2.37. The highest BCUT2D eigenvalue weighted by molar-refractivity contribution is 5.79. The van der Waals surface area contributed by atoms with E-state index < -0.39 is 23.7 Å². The summed E-state index contributed by atoms with van der Waals surface area (Å²) in [5, 5.41) is 11.6. The van der Waals surface area contributed by atoms with E-state index >= 15 is 0 Å². The Kier molecular flexibility index (Phi) is 6.34. The van der Waals surface area contributed by atoms with Gasteiger partial charge in [-0.25, -0.2) is 9.59 Å². The van der Waals surface area contributed by atoms with Crippen LogP contribution in [0.1, 0.15) is 44.9 Å². The molecule has 1 atom stereocenters. The fraction of sp³-hybridized carbons (Fsp3) is 0.562. The van der Waals surface area contributed by atoms with E-state index in [4.69, 9.17) is 4.74 Å². The van der Waals surface area contributed by atoms with Gasteiger partial charge in [0.1, 0.15) is 11.6 Å². The van der Waals surface area contributed by atoms with Gasteiger partial charge in [0.2, 0.25) is 0 Å². The summed E-state index contributed by atoms with van der Waals surface area (Å²) in [6.07, 6.45) is 2.62. The van der Waals surface area contributed by atoms with E-state index in [1.54, 1.807) is 27.0 Å². The number of alkyl carbamates (subject to hydrolysis) is 1. The lowest BCUT2D eigenvalue weighted by molar-refractivity contribution is -0.139. The van der Waals surface area contributed by atoms with Gasteiger partial charge in [0.25, 0.3) is 0 Å². The van der Waals surface area contributed by atoms with Crippen molar-refractivity contribution in [1.29, 1.82) is 0 Å². The number of amides is 1. The number of carbonyl (C=O) groups excluding carboxylic acids is 1. The summed E-state index contributed by atoms with van der Waals surface area (Å²) in [4.78, 5) is 27.1. The van der Waals surface area contributed by atoms with Crippen molar-refractivity contribution in [1.82, 2.24) is 10.3 Å². The molecule has 0 fully saturated rings. The lowest BCUT2D eigenvalue weighted by atomic mass is 10.1. The van der Waals surface area contributed by atoms with Crippen LogP contribution in [0, 0.1) is 6.92 Å². The lowest BCUT2D eigenvalue weighted by Crippen LogP contribution is -2.43. The molecule has 1 aromatic heterocycles. The number of aryl methyl sites for hydroxylation is 2. The van der Waals surface area contributed by atoms with Crippen LogP contribution >= 0.6 is 0 Å². The smallest absolute Gasteiger partial charge is 0.408 e. The molecule has 0 aliphatic rings. The van der Waals surface area contributed by atoms with Crippen LogP contribution in [0.4, 0.5) is 4.79 Å². The molecular weight excluding hydrogens is 284 g/mol. The Morgan fingerprint density at radius 3 is 2.64 bits per heavy atom. The monoisotopic (exact) mass is 308 g/mol. The number of rotatable bonds is 6. The molecule has 122 valence electrons. The van der Waals surface area contributed by atoms with E-state index in [2.05, 4.69) is 10.3 Å². The molecule has 1 aromatic rings. The first-order chi connectivity index (χ1) is 10.2. The quantitative estimate of drug-likeness (QED) is 0.843. The maximum atomic E-state index is 11.7. The first-order valence-corrected chi connectivity index (χ1v) is 7.32. The van der Waals surface area contributed by atoms with Gasteiger partial charge in [0, 0.05) is 11.9 Å². The van der Waals surface area contributed by atoms with Crippen molar-refractivity contribution in [3.05, 3.63) is 29.6 Å². The number of ether oxygens (including phenoxy) is 1. The zero-order chi connectivity index (χ0) is 16.8. The summed E-state index contributed by atoms with van der Waals surface area (Å²) < 4.78 is 5.08. The Morgan fingerprint density at radius 2 is 2.09 bits per heavy atom. The van der Waals surface area contributed by atoms with Crippen LogP contribution in [0.5, 0.6) is 0 Å². The van der Waals surface area contributed by atoms with Crippen molar-refractivity contribution >= 4 is 12.1 Å². The average molecular weight is 308 g/mol. The molecular formula is C16H24N2O4. The van der Waals surface area contributed by atoms with Crippen molar-refractivity contribution in [2.75, 3.05) is 0 Å². The number of nitrogens with zero attached hydrogens (tertiary/aromatic N) is 1. The second kappa shape index (κ2) is 7.77. The maximum Gasteiger partial charge on any atom is 0.408 e. The minimum absolute atomic E-state index is 0.324. The number of nitrogens with one attached hydrogen (secondary N) is 1. The standard InChI is InChI=1S/C16H24N2O4/c1-11-7-6-10-17-12(11)8-5-9-13(14(19)20)18-15(21)22-16(2,3)4/h6-7,10,13H,5,8-9H2,1-4H3,(H,18,21)(H,19,20). The van der Waals surface area contributed by atoms with Gasteiger partial charge >= 0.3 is 12.1 Å². The summed E-state index contributed by atoms with van der Waals surface area (Å²) >= 11 is 0. The highest BCUT2D eigenvalue weighted by atomic mass is 16.6. The van der Waals surface area contributed by atoms with Crippen molar-refractivity contribution < 1.29 is 19.4 Å². The minimum Gasteiger partial charge on any atom is -0.480 e. The van der Waals surface area contributed by atoms with Crippen LogP contribution in [0.2, 0.25) is 0 Å². The first-order valence-electron chi connectivity index (χ1n) is 7.32. The first kappa shape index (κ1) is 17.9. The largest absolute Gasteiger partial charge is 0.480 e. The van der Waals surface area contributed by atoms with Crippen LogP contribution in [0.15, 0.2) is 18.3 Å². The molecule has 0 aromatic carbocycles. The van der Waals surface area contributed by atoms with Crippen LogP contribution in [-0.2, 0) is 16.0 Å². The molecule has 1 rings (SSSR count). The van der Waals surface area contributed by atoms with Gasteiger partial charge in [-0.15, -0.1) is 0 Å². The highest BCUT2D eigenvalue weighted by Crippen LogP contribution is 2.11. The van der Waals surface area contributed by atoms with Gasteiger partial charge in [-0.1, -0.05) is 6.07 Å². The SMILES string of the molecule is Cc1cccnc1CCCC(NC(=O)OC(C)(C)C)C(=O)O. The molecule has 0 bridgehead atoms. The normalized spacial score (nSPS) is 12.5. The molecule has 0 aliphatic heterocycles.